The topological polar surface area (TPSA) is 9.23 Å². The third-order valence-electron chi connectivity index (χ3n) is 2.34. The summed E-state index contributed by atoms with van der Waals surface area (Å²) in [6.45, 7) is 4.97. The molecule has 0 radical (unpaired) electrons. The molecule has 1 aromatic carbocycles. The Morgan fingerprint density at radius 2 is 1.80 bits per heavy atom. The van der Waals surface area contributed by atoms with Gasteiger partial charge in [-0.3, -0.25) is 0 Å². The van der Waals surface area contributed by atoms with E-state index in [1.54, 1.807) is 0 Å². The van der Waals surface area contributed by atoms with Gasteiger partial charge in [0.25, 0.3) is 0 Å². The molecule has 0 bridgehead atoms. The number of rotatable bonds is 5. The van der Waals surface area contributed by atoms with E-state index in [0.29, 0.717) is 6.61 Å². The number of allylic oxidation sites excluding steroid dienone is 1. The monoisotopic (exact) mass is 224 g/mol. The van der Waals surface area contributed by atoms with Gasteiger partial charge < -0.3 is 4.74 Å². The van der Waals surface area contributed by atoms with Crippen molar-refractivity contribution in [2.45, 2.75) is 26.7 Å². The van der Waals surface area contributed by atoms with Crippen molar-refractivity contribution in [1.82, 2.24) is 0 Å². The van der Waals surface area contributed by atoms with E-state index in [0.717, 1.165) is 23.6 Å². The quantitative estimate of drug-likeness (QED) is 0.671. The van der Waals surface area contributed by atoms with Gasteiger partial charge in [-0.15, -0.1) is 0 Å². The summed E-state index contributed by atoms with van der Waals surface area (Å²) in [5.74, 6) is 0.863. The fourth-order valence-corrected chi connectivity index (χ4v) is 1.45. The normalized spacial score (nSPS) is 9.80. The molecule has 0 N–H and O–H groups in total. The average molecular weight is 225 g/mol. The zero-order valence-electron chi connectivity index (χ0n) is 9.29. The van der Waals surface area contributed by atoms with Crippen LogP contribution in [0.3, 0.4) is 0 Å². The van der Waals surface area contributed by atoms with Crippen LogP contribution >= 0.6 is 11.6 Å². The Bertz CT molecular complexity index is 308. The van der Waals surface area contributed by atoms with Crippen molar-refractivity contribution in [3.05, 3.63) is 40.9 Å². The van der Waals surface area contributed by atoms with Gasteiger partial charge in [0.2, 0.25) is 0 Å². The highest BCUT2D eigenvalue weighted by Gasteiger charge is 1.93. The number of benzene rings is 1. The zero-order valence-corrected chi connectivity index (χ0v) is 10.1. The Labute approximate surface area is 96.7 Å². The number of hydrogen-bond acceptors (Lipinski definition) is 1. The fraction of sp³-hybridized carbons (Fsp3) is 0.385. The largest absolute Gasteiger partial charge is 0.490 e. The molecule has 0 aliphatic heterocycles. The van der Waals surface area contributed by atoms with E-state index in [1.807, 2.05) is 24.3 Å². The molecule has 15 heavy (non-hydrogen) atoms. The van der Waals surface area contributed by atoms with Crippen molar-refractivity contribution in [2.75, 3.05) is 6.61 Å². The Kier molecular flexibility index (Phi) is 5.27. The molecular weight excluding hydrogens is 208 g/mol. The van der Waals surface area contributed by atoms with Gasteiger partial charge in [-0.1, -0.05) is 31.0 Å². The Morgan fingerprint density at radius 1 is 1.20 bits per heavy atom. The highest BCUT2D eigenvalue weighted by atomic mass is 35.5. The van der Waals surface area contributed by atoms with E-state index in [4.69, 9.17) is 16.3 Å². The molecule has 0 fully saturated rings. The lowest BCUT2D eigenvalue weighted by Gasteiger charge is -2.04. The lowest BCUT2D eigenvalue weighted by Crippen LogP contribution is -1.94. The van der Waals surface area contributed by atoms with Gasteiger partial charge in [0, 0.05) is 5.02 Å². The molecule has 0 amide bonds. The first-order valence-electron chi connectivity index (χ1n) is 5.32. The molecular formula is C13H17ClO. The molecule has 0 spiro atoms. The fourth-order valence-electron chi connectivity index (χ4n) is 1.33. The number of halogens is 1. The van der Waals surface area contributed by atoms with Crippen LogP contribution in [0.1, 0.15) is 26.7 Å². The summed E-state index contributed by atoms with van der Waals surface area (Å²) in [6.07, 6.45) is 4.34. The standard InChI is InChI=1S/C13H17ClO/c1-3-11(4-2)9-10-15-13-7-5-12(14)6-8-13/h5-9H,3-4,10H2,1-2H3. The van der Waals surface area contributed by atoms with E-state index in [-0.39, 0.29) is 0 Å². The highest BCUT2D eigenvalue weighted by molar-refractivity contribution is 6.30. The molecule has 0 aliphatic rings. The van der Waals surface area contributed by atoms with E-state index in [9.17, 15) is 0 Å². The van der Waals surface area contributed by atoms with E-state index >= 15 is 0 Å². The maximum absolute atomic E-state index is 5.77. The first-order valence-corrected chi connectivity index (χ1v) is 5.70. The van der Waals surface area contributed by atoms with Crippen molar-refractivity contribution in [3.8, 4) is 5.75 Å². The maximum atomic E-state index is 5.77. The summed E-state index contributed by atoms with van der Waals surface area (Å²) in [7, 11) is 0. The smallest absolute Gasteiger partial charge is 0.119 e. The second-order valence-corrected chi connectivity index (χ2v) is 3.77. The molecule has 0 saturated heterocycles. The van der Waals surface area contributed by atoms with Crippen LogP contribution in [0.25, 0.3) is 0 Å². The van der Waals surface area contributed by atoms with E-state index in [2.05, 4.69) is 19.9 Å². The number of hydrogen-bond donors (Lipinski definition) is 0. The van der Waals surface area contributed by atoms with Gasteiger partial charge in [0.05, 0.1) is 0 Å². The van der Waals surface area contributed by atoms with Gasteiger partial charge in [0.15, 0.2) is 0 Å². The molecule has 82 valence electrons. The summed E-state index contributed by atoms with van der Waals surface area (Å²) in [5.41, 5.74) is 1.43. The molecule has 2 heteroatoms. The lowest BCUT2D eigenvalue weighted by atomic mass is 10.1. The molecule has 0 heterocycles. The molecule has 0 aliphatic carbocycles. The predicted octanol–water partition coefficient (Wildman–Crippen LogP) is 4.47. The third-order valence-corrected chi connectivity index (χ3v) is 2.60. The van der Waals surface area contributed by atoms with Crippen LogP contribution in [-0.2, 0) is 0 Å². The first kappa shape index (κ1) is 12.1. The minimum atomic E-state index is 0.638. The molecule has 0 unspecified atom stereocenters. The summed E-state index contributed by atoms with van der Waals surface area (Å²) < 4.78 is 5.56. The van der Waals surface area contributed by atoms with Crippen LogP contribution in [0.5, 0.6) is 5.75 Å². The number of ether oxygens (including phenoxy) is 1. The second-order valence-electron chi connectivity index (χ2n) is 3.33. The van der Waals surface area contributed by atoms with Crippen molar-refractivity contribution < 1.29 is 4.74 Å². The van der Waals surface area contributed by atoms with Crippen molar-refractivity contribution in [1.29, 1.82) is 0 Å². The van der Waals surface area contributed by atoms with Gasteiger partial charge in [-0.2, -0.15) is 0 Å². The van der Waals surface area contributed by atoms with Gasteiger partial charge in [0.1, 0.15) is 12.4 Å². The van der Waals surface area contributed by atoms with Gasteiger partial charge in [-0.05, 0) is 43.2 Å². The third kappa shape index (κ3) is 4.39. The van der Waals surface area contributed by atoms with Crippen molar-refractivity contribution in [2.24, 2.45) is 0 Å². The van der Waals surface area contributed by atoms with Crippen LogP contribution in [-0.4, -0.2) is 6.61 Å². The van der Waals surface area contributed by atoms with Crippen LogP contribution in [0, 0.1) is 0 Å². The lowest BCUT2D eigenvalue weighted by molar-refractivity contribution is 0.361. The minimum Gasteiger partial charge on any atom is -0.490 e. The predicted molar refractivity (Wildman–Crippen MR) is 65.6 cm³/mol. The minimum absolute atomic E-state index is 0.638. The van der Waals surface area contributed by atoms with Gasteiger partial charge in [-0.25, -0.2) is 0 Å². The molecule has 1 nitrogen and oxygen atoms in total. The molecule has 0 saturated carbocycles. The Balaban J connectivity index is 2.43. The van der Waals surface area contributed by atoms with Crippen LogP contribution in [0.15, 0.2) is 35.9 Å². The summed E-state index contributed by atoms with van der Waals surface area (Å²) >= 11 is 5.77. The van der Waals surface area contributed by atoms with Crippen molar-refractivity contribution >= 4 is 11.6 Å². The summed E-state index contributed by atoms with van der Waals surface area (Å²) in [6, 6.07) is 7.43. The summed E-state index contributed by atoms with van der Waals surface area (Å²) in [5, 5.41) is 0.737. The average Bonchev–Trinajstić information content (AvgIpc) is 2.27. The first-order chi connectivity index (χ1) is 7.26. The highest BCUT2D eigenvalue weighted by Crippen LogP contribution is 2.15. The SMILES string of the molecule is CCC(=CCOc1ccc(Cl)cc1)CC. The Morgan fingerprint density at radius 3 is 2.33 bits per heavy atom. The van der Waals surface area contributed by atoms with E-state index < -0.39 is 0 Å². The molecule has 1 rings (SSSR count). The maximum Gasteiger partial charge on any atom is 0.119 e. The van der Waals surface area contributed by atoms with Crippen LogP contribution in [0.2, 0.25) is 5.02 Å². The van der Waals surface area contributed by atoms with Gasteiger partial charge >= 0.3 is 0 Å². The molecule has 0 aromatic heterocycles. The molecule has 1 aromatic rings. The molecule has 0 atom stereocenters. The van der Waals surface area contributed by atoms with Crippen LogP contribution < -0.4 is 4.74 Å². The second kappa shape index (κ2) is 6.52. The van der Waals surface area contributed by atoms with Crippen molar-refractivity contribution in [3.63, 3.8) is 0 Å². The summed E-state index contributed by atoms with van der Waals surface area (Å²) in [4.78, 5) is 0. The van der Waals surface area contributed by atoms with E-state index in [1.165, 1.54) is 5.57 Å². The zero-order chi connectivity index (χ0) is 11.1. The Hall–Kier alpha value is -0.950. The van der Waals surface area contributed by atoms with Crippen LogP contribution in [0.4, 0.5) is 0 Å².